The van der Waals surface area contributed by atoms with E-state index in [9.17, 15) is 4.79 Å². The molecular formula is C11H22N2OS2. The Hall–Kier alpha value is 0.130. The Kier molecular flexibility index (Phi) is 6.61. The van der Waals surface area contributed by atoms with Crippen LogP contribution in [0, 0.1) is 0 Å². The highest BCUT2D eigenvalue weighted by atomic mass is 32.2. The van der Waals surface area contributed by atoms with Gasteiger partial charge in [-0.25, -0.2) is 0 Å². The molecule has 16 heavy (non-hydrogen) atoms. The van der Waals surface area contributed by atoms with Gasteiger partial charge in [0.25, 0.3) is 0 Å². The molecule has 1 aliphatic rings. The zero-order chi connectivity index (χ0) is 12.0. The van der Waals surface area contributed by atoms with Crippen molar-refractivity contribution in [2.24, 2.45) is 5.73 Å². The Morgan fingerprint density at radius 1 is 1.50 bits per heavy atom. The molecule has 0 aromatic carbocycles. The molecule has 5 heteroatoms. The average Bonchev–Trinajstić information content (AvgIpc) is 2.72. The first-order valence-electron chi connectivity index (χ1n) is 5.76. The van der Waals surface area contributed by atoms with Crippen LogP contribution in [0.4, 0.5) is 0 Å². The molecule has 0 aliphatic heterocycles. The summed E-state index contributed by atoms with van der Waals surface area (Å²) in [5, 5.41) is 3.67. The lowest BCUT2D eigenvalue weighted by molar-refractivity contribution is -0.123. The van der Waals surface area contributed by atoms with Crippen molar-refractivity contribution in [1.82, 2.24) is 5.32 Å². The second kappa shape index (κ2) is 7.45. The second-order valence-corrected chi connectivity index (χ2v) is 6.27. The quantitative estimate of drug-likeness (QED) is 0.761. The summed E-state index contributed by atoms with van der Waals surface area (Å²) < 4.78 is 0. The van der Waals surface area contributed by atoms with E-state index in [1.54, 1.807) is 11.8 Å². The van der Waals surface area contributed by atoms with Gasteiger partial charge in [-0.3, -0.25) is 4.79 Å². The van der Waals surface area contributed by atoms with Crippen molar-refractivity contribution in [1.29, 1.82) is 0 Å². The molecule has 3 atom stereocenters. The van der Waals surface area contributed by atoms with E-state index in [1.165, 1.54) is 12.8 Å². The van der Waals surface area contributed by atoms with E-state index >= 15 is 0 Å². The molecule has 0 heterocycles. The maximum Gasteiger partial charge on any atom is 0.237 e. The Balaban J connectivity index is 2.32. The smallest absolute Gasteiger partial charge is 0.237 e. The van der Waals surface area contributed by atoms with E-state index in [-0.39, 0.29) is 11.9 Å². The Morgan fingerprint density at radius 3 is 2.88 bits per heavy atom. The molecule has 3 nitrogen and oxygen atoms in total. The molecule has 0 radical (unpaired) electrons. The highest BCUT2D eigenvalue weighted by molar-refractivity contribution is 7.99. The van der Waals surface area contributed by atoms with Crippen molar-refractivity contribution in [3.63, 3.8) is 0 Å². The van der Waals surface area contributed by atoms with Gasteiger partial charge in [0.1, 0.15) is 0 Å². The molecule has 1 amide bonds. The van der Waals surface area contributed by atoms with E-state index in [2.05, 4.69) is 11.6 Å². The lowest BCUT2D eigenvalue weighted by Gasteiger charge is -2.21. The average molecular weight is 262 g/mol. The maximum absolute atomic E-state index is 11.8. The summed E-state index contributed by atoms with van der Waals surface area (Å²) in [4.78, 5) is 11.8. The molecule has 0 aromatic rings. The van der Waals surface area contributed by atoms with Crippen molar-refractivity contribution in [2.75, 3.05) is 18.3 Å². The van der Waals surface area contributed by atoms with Crippen LogP contribution in [0.3, 0.4) is 0 Å². The highest BCUT2D eigenvalue weighted by Gasteiger charge is 2.28. The Bertz CT molecular complexity index is 226. The normalized spacial score (nSPS) is 26.7. The van der Waals surface area contributed by atoms with Crippen LogP contribution in [0.5, 0.6) is 0 Å². The molecule has 2 unspecified atom stereocenters. The number of carbonyl (C=O) groups is 1. The highest BCUT2D eigenvalue weighted by Crippen LogP contribution is 2.28. The van der Waals surface area contributed by atoms with Crippen LogP contribution >= 0.6 is 23.5 Å². The fourth-order valence-electron chi connectivity index (χ4n) is 2.04. The van der Waals surface area contributed by atoms with Gasteiger partial charge in [0, 0.05) is 11.3 Å². The van der Waals surface area contributed by atoms with Crippen LogP contribution in [0.25, 0.3) is 0 Å². The molecule has 0 saturated heterocycles. The van der Waals surface area contributed by atoms with Crippen molar-refractivity contribution < 1.29 is 4.79 Å². The van der Waals surface area contributed by atoms with E-state index < -0.39 is 0 Å². The number of amides is 1. The second-order valence-electron chi connectivity index (χ2n) is 4.21. The Morgan fingerprint density at radius 2 is 2.25 bits per heavy atom. The molecule has 1 saturated carbocycles. The molecule has 0 aromatic heterocycles. The summed E-state index contributed by atoms with van der Waals surface area (Å²) in [7, 11) is 0. The van der Waals surface area contributed by atoms with Crippen LogP contribution in [-0.4, -0.2) is 41.5 Å². The van der Waals surface area contributed by atoms with Gasteiger partial charge in [-0.1, -0.05) is 6.42 Å². The van der Waals surface area contributed by atoms with E-state index in [0.717, 1.165) is 18.6 Å². The lowest BCUT2D eigenvalue weighted by atomic mass is 10.2. The van der Waals surface area contributed by atoms with Gasteiger partial charge in [0.15, 0.2) is 0 Å². The molecule has 1 rings (SSSR count). The van der Waals surface area contributed by atoms with Crippen molar-refractivity contribution in [2.45, 2.75) is 43.0 Å². The minimum absolute atomic E-state index is 0.0278. The van der Waals surface area contributed by atoms with Crippen LogP contribution in [-0.2, 0) is 4.79 Å². The van der Waals surface area contributed by atoms with Crippen molar-refractivity contribution in [3.8, 4) is 0 Å². The predicted molar refractivity (Wildman–Crippen MR) is 74.1 cm³/mol. The fraction of sp³-hybridized carbons (Fsp3) is 0.909. The van der Waals surface area contributed by atoms with Crippen LogP contribution in [0.1, 0.15) is 25.7 Å². The zero-order valence-electron chi connectivity index (χ0n) is 10.1. The summed E-state index contributed by atoms with van der Waals surface area (Å²) in [5.74, 6) is 0.977. The molecular weight excluding hydrogens is 240 g/mol. The third kappa shape index (κ3) is 4.18. The molecule has 0 bridgehead atoms. The minimum atomic E-state index is -0.337. The molecule has 0 spiro atoms. The molecule has 1 aliphatic carbocycles. The summed E-state index contributed by atoms with van der Waals surface area (Å²) in [6.45, 7) is 0. The van der Waals surface area contributed by atoms with Gasteiger partial charge in [0.05, 0.1) is 6.04 Å². The number of hydrogen-bond donors (Lipinski definition) is 2. The van der Waals surface area contributed by atoms with Gasteiger partial charge in [0.2, 0.25) is 5.91 Å². The van der Waals surface area contributed by atoms with Gasteiger partial charge < -0.3 is 11.1 Å². The Labute approximate surface area is 107 Å². The minimum Gasteiger partial charge on any atom is -0.351 e. The van der Waals surface area contributed by atoms with Crippen molar-refractivity contribution in [3.05, 3.63) is 0 Å². The SMILES string of the molecule is CSCC[C@H](N)C(=O)NC1CCCC1SC. The number of thioether (sulfide) groups is 2. The number of carbonyl (C=O) groups excluding carboxylic acids is 1. The third-order valence-electron chi connectivity index (χ3n) is 3.05. The van der Waals surface area contributed by atoms with E-state index in [0.29, 0.717) is 11.3 Å². The third-order valence-corrected chi connectivity index (χ3v) is 4.87. The van der Waals surface area contributed by atoms with Crippen LogP contribution in [0.15, 0.2) is 0 Å². The predicted octanol–water partition coefficient (Wildman–Crippen LogP) is 1.47. The summed E-state index contributed by atoms with van der Waals surface area (Å²) in [6.07, 6.45) is 8.45. The monoisotopic (exact) mass is 262 g/mol. The zero-order valence-corrected chi connectivity index (χ0v) is 11.7. The van der Waals surface area contributed by atoms with Crippen LogP contribution < -0.4 is 11.1 Å². The summed E-state index contributed by atoms with van der Waals surface area (Å²) >= 11 is 3.58. The first kappa shape index (κ1) is 14.2. The molecule has 1 fully saturated rings. The van der Waals surface area contributed by atoms with Gasteiger partial charge in [-0.05, 0) is 37.5 Å². The first-order chi connectivity index (χ1) is 7.69. The standard InChI is InChI=1S/C11H22N2OS2/c1-15-7-6-8(12)11(14)13-9-4-3-5-10(9)16-2/h8-10H,3-7,12H2,1-2H3,(H,13,14)/t8-,9?,10?/m0/s1. The maximum atomic E-state index is 11.8. The lowest BCUT2D eigenvalue weighted by Crippen LogP contribution is -2.47. The first-order valence-corrected chi connectivity index (χ1v) is 8.45. The number of hydrogen-bond acceptors (Lipinski definition) is 4. The van der Waals surface area contributed by atoms with Gasteiger partial charge >= 0.3 is 0 Å². The summed E-state index contributed by atoms with van der Waals surface area (Å²) in [5.41, 5.74) is 5.84. The van der Waals surface area contributed by atoms with Gasteiger partial charge in [-0.2, -0.15) is 23.5 Å². The topological polar surface area (TPSA) is 55.1 Å². The fourth-order valence-corrected chi connectivity index (χ4v) is 3.46. The molecule has 3 N–H and O–H groups in total. The number of nitrogens with two attached hydrogens (primary N) is 1. The molecule has 94 valence electrons. The largest absolute Gasteiger partial charge is 0.351 e. The van der Waals surface area contributed by atoms with Gasteiger partial charge in [-0.15, -0.1) is 0 Å². The van der Waals surface area contributed by atoms with E-state index in [4.69, 9.17) is 5.73 Å². The van der Waals surface area contributed by atoms with E-state index in [1.807, 2.05) is 18.0 Å². The number of nitrogens with one attached hydrogen (secondary N) is 1. The number of rotatable bonds is 6. The van der Waals surface area contributed by atoms with Crippen molar-refractivity contribution >= 4 is 29.4 Å². The van der Waals surface area contributed by atoms with Crippen LogP contribution in [0.2, 0.25) is 0 Å². The summed E-state index contributed by atoms with van der Waals surface area (Å²) in [6, 6.07) is -0.00149.